The molecular formula is C18H15ClN4O4S. The Kier molecular flexibility index (Phi) is 5.36. The third-order valence-electron chi connectivity index (χ3n) is 4.08. The van der Waals surface area contributed by atoms with Crippen LogP contribution in [0.3, 0.4) is 0 Å². The lowest BCUT2D eigenvalue weighted by molar-refractivity contribution is -0.144. The predicted molar refractivity (Wildman–Crippen MR) is 102 cm³/mol. The van der Waals surface area contributed by atoms with Crippen molar-refractivity contribution in [2.45, 2.75) is 25.9 Å². The maximum atomic E-state index is 12.1. The van der Waals surface area contributed by atoms with E-state index in [4.69, 9.17) is 20.8 Å². The smallest absolute Gasteiger partial charge is 0.312 e. The summed E-state index contributed by atoms with van der Waals surface area (Å²) in [6, 6.07) is 6.96. The second-order valence-electron chi connectivity index (χ2n) is 6.12. The molecule has 3 heterocycles. The molecule has 0 unspecified atom stereocenters. The molecule has 0 saturated carbocycles. The Balaban J connectivity index is 1.31. The number of esters is 1. The minimum absolute atomic E-state index is 0.0106. The van der Waals surface area contributed by atoms with Gasteiger partial charge in [-0.3, -0.25) is 14.5 Å². The van der Waals surface area contributed by atoms with Crippen molar-refractivity contribution in [2.24, 2.45) is 0 Å². The Labute approximate surface area is 169 Å². The van der Waals surface area contributed by atoms with E-state index >= 15 is 0 Å². The third kappa shape index (κ3) is 4.20. The van der Waals surface area contributed by atoms with Gasteiger partial charge in [0.2, 0.25) is 11.8 Å². The van der Waals surface area contributed by atoms with Crippen LogP contribution < -0.4 is 4.90 Å². The van der Waals surface area contributed by atoms with Gasteiger partial charge < -0.3 is 9.15 Å². The van der Waals surface area contributed by atoms with Crippen molar-refractivity contribution in [2.75, 3.05) is 11.4 Å². The molecule has 3 aromatic rings. The number of anilines is 1. The van der Waals surface area contributed by atoms with Gasteiger partial charge in [-0.25, -0.2) is 4.98 Å². The first-order valence-corrected chi connectivity index (χ1v) is 9.83. The van der Waals surface area contributed by atoms with Gasteiger partial charge >= 0.3 is 5.97 Å². The number of aromatic nitrogens is 3. The molecule has 10 heteroatoms. The fraction of sp³-hybridized carbons (Fsp3) is 0.278. The van der Waals surface area contributed by atoms with E-state index in [2.05, 4.69) is 15.2 Å². The molecule has 1 aliphatic heterocycles. The number of hydrogen-bond donors (Lipinski definition) is 0. The zero-order valence-corrected chi connectivity index (χ0v) is 16.2. The molecule has 0 radical (unpaired) electrons. The maximum absolute atomic E-state index is 12.1. The van der Waals surface area contributed by atoms with Crippen molar-refractivity contribution in [1.29, 1.82) is 0 Å². The minimum Gasteiger partial charge on any atom is -0.455 e. The summed E-state index contributed by atoms with van der Waals surface area (Å²) in [4.78, 5) is 29.8. The largest absolute Gasteiger partial charge is 0.455 e. The fourth-order valence-electron chi connectivity index (χ4n) is 2.71. The first-order chi connectivity index (χ1) is 13.6. The highest BCUT2D eigenvalue weighted by molar-refractivity contribution is 7.14. The molecule has 1 fully saturated rings. The van der Waals surface area contributed by atoms with Crippen molar-refractivity contribution >= 4 is 39.9 Å². The van der Waals surface area contributed by atoms with Gasteiger partial charge in [-0.15, -0.1) is 21.5 Å². The fourth-order valence-corrected chi connectivity index (χ4v) is 3.71. The molecule has 0 N–H and O–H groups in total. The second kappa shape index (κ2) is 8.07. The topological polar surface area (TPSA) is 98.4 Å². The number of amides is 1. The molecule has 1 aromatic carbocycles. The van der Waals surface area contributed by atoms with Crippen LogP contribution >= 0.6 is 22.9 Å². The summed E-state index contributed by atoms with van der Waals surface area (Å²) in [5.74, 6) is 0.120. The first kappa shape index (κ1) is 18.6. The summed E-state index contributed by atoms with van der Waals surface area (Å²) < 4.78 is 10.7. The van der Waals surface area contributed by atoms with Gasteiger partial charge in [0.05, 0.1) is 12.1 Å². The van der Waals surface area contributed by atoms with E-state index in [9.17, 15) is 9.59 Å². The van der Waals surface area contributed by atoms with E-state index in [0.717, 1.165) is 12.0 Å². The van der Waals surface area contributed by atoms with E-state index in [1.165, 1.54) is 11.3 Å². The number of thiazole rings is 1. The van der Waals surface area contributed by atoms with Crippen molar-refractivity contribution in [3.8, 4) is 11.5 Å². The number of hydrogen-bond acceptors (Lipinski definition) is 8. The molecule has 0 bridgehead atoms. The van der Waals surface area contributed by atoms with E-state index in [-0.39, 0.29) is 24.8 Å². The number of carbonyl (C=O) groups is 2. The van der Waals surface area contributed by atoms with Crippen LogP contribution in [-0.4, -0.2) is 33.6 Å². The molecule has 0 aliphatic carbocycles. The molecule has 4 rings (SSSR count). The molecule has 28 heavy (non-hydrogen) atoms. The second-order valence-corrected chi connectivity index (χ2v) is 7.39. The zero-order chi connectivity index (χ0) is 19.5. The number of ether oxygens (including phenoxy) is 1. The third-order valence-corrected chi connectivity index (χ3v) is 5.25. The maximum Gasteiger partial charge on any atom is 0.312 e. The van der Waals surface area contributed by atoms with Crippen molar-refractivity contribution in [3.63, 3.8) is 0 Å². The number of carbonyl (C=O) groups excluding carboxylic acids is 2. The molecule has 0 atom stereocenters. The van der Waals surface area contributed by atoms with Crippen molar-refractivity contribution < 1.29 is 18.7 Å². The van der Waals surface area contributed by atoms with Gasteiger partial charge in [-0.05, 0) is 30.7 Å². The van der Waals surface area contributed by atoms with Crippen molar-refractivity contribution in [1.82, 2.24) is 15.2 Å². The minimum atomic E-state index is -0.462. The first-order valence-electron chi connectivity index (χ1n) is 8.57. The standard InChI is InChI=1S/C18H15ClN4O4S/c19-12-5-3-11(4-6-12)17-22-21-14(27-17)9-26-16(25)8-13-10-28-18(20-13)23-7-1-2-15(23)24/h3-6,10H,1-2,7-9H2. The van der Waals surface area contributed by atoms with E-state index in [1.54, 1.807) is 34.5 Å². The van der Waals surface area contributed by atoms with Gasteiger partial charge in [0.1, 0.15) is 0 Å². The predicted octanol–water partition coefficient (Wildman–Crippen LogP) is 3.26. The zero-order valence-electron chi connectivity index (χ0n) is 14.6. The van der Waals surface area contributed by atoms with E-state index in [1.807, 2.05) is 0 Å². The summed E-state index contributed by atoms with van der Waals surface area (Å²) in [7, 11) is 0. The lowest BCUT2D eigenvalue weighted by Gasteiger charge is -2.10. The SMILES string of the molecule is O=C(Cc1csc(N2CCCC2=O)n1)OCc1nnc(-c2ccc(Cl)cc2)o1. The molecule has 0 spiro atoms. The van der Waals surface area contributed by atoms with Crippen LogP contribution in [0.4, 0.5) is 5.13 Å². The molecule has 1 saturated heterocycles. The Bertz CT molecular complexity index is 1000. The number of benzene rings is 1. The molecule has 8 nitrogen and oxygen atoms in total. The van der Waals surface area contributed by atoms with Gasteiger partial charge in [-0.2, -0.15) is 0 Å². The average molecular weight is 419 g/mol. The van der Waals surface area contributed by atoms with Crippen LogP contribution in [0, 0.1) is 0 Å². The number of halogens is 1. The van der Waals surface area contributed by atoms with Gasteiger partial charge in [-0.1, -0.05) is 11.6 Å². The summed E-state index contributed by atoms with van der Waals surface area (Å²) in [6.07, 6.45) is 1.38. The Morgan fingerprint density at radius 1 is 1.29 bits per heavy atom. The van der Waals surface area contributed by atoms with Crippen LogP contribution in [0.2, 0.25) is 5.02 Å². The lowest BCUT2D eigenvalue weighted by Crippen LogP contribution is -2.23. The van der Waals surface area contributed by atoms with Crippen LogP contribution in [0.5, 0.6) is 0 Å². The number of nitrogens with zero attached hydrogens (tertiary/aromatic N) is 4. The van der Waals surface area contributed by atoms with Crippen LogP contribution in [0.25, 0.3) is 11.5 Å². The van der Waals surface area contributed by atoms with Crippen LogP contribution in [0.1, 0.15) is 24.4 Å². The number of rotatable bonds is 6. The van der Waals surface area contributed by atoms with Gasteiger partial charge in [0.25, 0.3) is 5.89 Å². The summed E-state index contributed by atoms with van der Waals surface area (Å²) >= 11 is 7.20. The van der Waals surface area contributed by atoms with E-state index < -0.39 is 5.97 Å². The Morgan fingerprint density at radius 2 is 2.11 bits per heavy atom. The molecule has 144 valence electrons. The summed E-state index contributed by atoms with van der Waals surface area (Å²) in [5, 5.41) is 10.8. The average Bonchev–Trinajstić information content (AvgIpc) is 3.41. The highest BCUT2D eigenvalue weighted by Crippen LogP contribution is 2.25. The molecular weight excluding hydrogens is 404 g/mol. The summed E-state index contributed by atoms with van der Waals surface area (Å²) in [5.41, 5.74) is 1.29. The Hall–Kier alpha value is -2.78. The van der Waals surface area contributed by atoms with Gasteiger partial charge in [0, 0.05) is 28.9 Å². The van der Waals surface area contributed by atoms with Crippen LogP contribution in [-0.2, 0) is 27.4 Å². The lowest BCUT2D eigenvalue weighted by atomic mass is 10.2. The molecule has 1 aliphatic rings. The normalized spacial score (nSPS) is 13.9. The van der Waals surface area contributed by atoms with E-state index in [0.29, 0.717) is 34.7 Å². The highest BCUT2D eigenvalue weighted by Gasteiger charge is 2.24. The monoisotopic (exact) mass is 418 g/mol. The van der Waals surface area contributed by atoms with Crippen molar-refractivity contribution in [3.05, 3.63) is 46.3 Å². The van der Waals surface area contributed by atoms with Crippen LogP contribution in [0.15, 0.2) is 34.1 Å². The summed E-state index contributed by atoms with van der Waals surface area (Å²) in [6.45, 7) is 0.546. The van der Waals surface area contributed by atoms with Gasteiger partial charge in [0.15, 0.2) is 11.7 Å². The quantitative estimate of drug-likeness (QED) is 0.566. The molecule has 2 aromatic heterocycles. The molecule has 1 amide bonds. The highest BCUT2D eigenvalue weighted by atomic mass is 35.5. The Morgan fingerprint density at radius 3 is 2.86 bits per heavy atom.